The molecule has 0 unspecified atom stereocenters. The van der Waals surface area contributed by atoms with Crippen LogP contribution >= 0.6 is 11.6 Å². The summed E-state index contributed by atoms with van der Waals surface area (Å²) in [5, 5.41) is 6.87. The van der Waals surface area contributed by atoms with Crippen LogP contribution in [0.25, 0.3) is 5.69 Å². The van der Waals surface area contributed by atoms with Crippen LogP contribution in [0.4, 0.5) is 18.9 Å². The summed E-state index contributed by atoms with van der Waals surface area (Å²) in [5.41, 5.74) is -0.743. The molecule has 0 aliphatic rings. The quantitative estimate of drug-likeness (QED) is 0.679. The van der Waals surface area contributed by atoms with Crippen molar-refractivity contribution in [2.45, 2.75) is 19.2 Å². The van der Waals surface area contributed by atoms with Gasteiger partial charge >= 0.3 is 6.18 Å². The van der Waals surface area contributed by atoms with Gasteiger partial charge in [-0.2, -0.15) is 18.3 Å². The van der Waals surface area contributed by atoms with Crippen molar-refractivity contribution in [1.82, 2.24) is 14.8 Å². The van der Waals surface area contributed by atoms with Gasteiger partial charge in [0.1, 0.15) is 18.4 Å². The van der Waals surface area contributed by atoms with Gasteiger partial charge in [-0.25, -0.2) is 9.67 Å². The van der Waals surface area contributed by atoms with E-state index in [4.69, 9.17) is 16.3 Å². The monoisotopic (exact) mass is 410 g/mol. The highest BCUT2D eigenvalue weighted by Gasteiger charge is 2.31. The van der Waals surface area contributed by atoms with Gasteiger partial charge in [0, 0.05) is 5.02 Å². The van der Waals surface area contributed by atoms with Crippen molar-refractivity contribution in [2.24, 2.45) is 0 Å². The summed E-state index contributed by atoms with van der Waals surface area (Å²) in [6.45, 7) is 1.48. The number of nitrogens with zero attached hydrogens (tertiary/aromatic N) is 3. The number of halogens is 4. The minimum atomic E-state index is -4.56. The minimum Gasteiger partial charge on any atom is -0.481 e. The highest BCUT2D eigenvalue weighted by atomic mass is 35.5. The maximum Gasteiger partial charge on any atom is 0.416 e. The molecule has 0 aliphatic heterocycles. The fourth-order valence-electron chi connectivity index (χ4n) is 2.35. The molecule has 0 aliphatic carbocycles. The van der Waals surface area contributed by atoms with Gasteiger partial charge in [0.2, 0.25) is 0 Å². The molecule has 1 heterocycles. The summed E-state index contributed by atoms with van der Waals surface area (Å²) >= 11 is 5.80. The Kier molecular flexibility index (Phi) is 5.55. The van der Waals surface area contributed by atoms with E-state index in [2.05, 4.69) is 15.4 Å². The van der Waals surface area contributed by atoms with E-state index >= 15 is 0 Å². The van der Waals surface area contributed by atoms with Gasteiger partial charge in [0.25, 0.3) is 5.91 Å². The first-order chi connectivity index (χ1) is 13.2. The Morgan fingerprint density at radius 1 is 1.21 bits per heavy atom. The van der Waals surface area contributed by atoms with Gasteiger partial charge in [-0.15, -0.1) is 0 Å². The molecule has 0 fully saturated rings. The van der Waals surface area contributed by atoms with E-state index in [9.17, 15) is 18.0 Å². The lowest BCUT2D eigenvalue weighted by atomic mass is 10.1. The number of hydrogen-bond acceptors (Lipinski definition) is 4. The van der Waals surface area contributed by atoms with E-state index in [-0.39, 0.29) is 11.4 Å². The molecule has 0 bridgehead atoms. The second kappa shape index (κ2) is 7.89. The maximum atomic E-state index is 13.1. The van der Waals surface area contributed by atoms with Crippen LogP contribution in [0.5, 0.6) is 5.75 Å². The molecule has 0 spiro atoms. The van der Waals surface area contributed by atoms with Crippen molar-refractivity contribution in [1.29, 1.82) is 0 Å². The molecule has 0 radical (unpaired) electrons. The standard InChI is InChI=1S/C18H14ClF3N4O2/c1-11(28-14-5-3-13(19)4-6-14)17(27)25-15-8-12(18(20,21)22)2-7-16(15)26-10-23-9-24-26/h2-11H,1H3,(H,25,27)/t11-/m1/s1. The molecular formula is C18H14ClF3N4O2. The van der Waals surface area contributed by atoms with Crippen molar-refractivity contribution in [3.63, 3.8) is 0 Å². The average molecular weight is 411 g/mol. The van der Waals surface area contributed by atoms with Crippen molar-refractivity contribution in [3.8, 4) is 11.4 Å². The first-order valence-corrected chi connectivity index (χ1v) is 8.41. The van der Waals surface area contributed by atoms with Crippen LogP contribution in [-0.2, 0) is 11.0 Å². The van der Waals surface area contributed by atoms with Crippen molar-refractivity contribution < 1.29 is 22.7 Å². The summed E-state index contributed by atoms with van der Waals surface area (Å²) in [4.78, 5) is 16.2. The highest BCUT2D eigenvalue weighted by molar-refractivity contribution is 6.30. The lowest BCUT2D eigenvalue weighted by Gasteiger charge is -2.18. The van der Waals surface area contributed by atoms with E-state index in [1.807, 2.05) is 0 Å². The summed E-state index contributed by atoms with van der Waals surface area (Å²) < 4.78 is 46.0. The molecule has 0 saturated heterocycles. The number of benzene rings is 2. The summed E-state index contributed by atoms with van der Waals surface area (Å²) in [5.74, 6) is -0.233. The molecule has 2 aromatic carbocycles. The van der Waals surface area contributed by atoms with Gasteiger partial charge in [-0.3, -0.25) is 4.79 Å². The van der Waals surface area contributed by atoms with Gasteiger partial charge in [0.15, 0.2) is 6.10 Å². The first-order valence-electron chi connectivity index (χ1n) is 8.03. The molecule has 10 heteroatoms. The molecule has 3 aromatic rings. The van der Waals surface area contributed by atoms with E-state index < -0.39 is 23.8 Å². The van der Waals surface area contributed by atoms with Crippen LogP contribution in [0.15, 0.2) is 55.1 Å². The molecule has 0 saturated carbocycles. The number of amides is 1. The van der Waals surface area contributed by atoms with Crippen molar-refractivity contribution >= 4 is 23.2 Å². The number of rotatable bonds is 5. The maximum absolute atomic E-state index is 13.1. The van der Waals surface area contributed by atoms with Crippen LogP contribution in [0, 0.1) is 0 Å². The van der Waals surface area contributed by atoms with Gasteiger partial charge in [0.05, 0.1) is 16.9 Å². The molecule has 1 atom stereocenters. The topological polar surface area (TPSA) is 69.0 Å². The Morgan fingerprint density at radius 2 is 1.93 bits per heavy atom. The van der Waals surface area contributed by atoms with Crippen LogP contribution in [-0.4, -0.2) is 26.8 Å². The van der Waals surface area contributed by atoms with Crippen LogP contribution in [0.1, 0.15) is 12.5 Å². The molecule has 6 nitrogen and oxygen atoms in total. The lowest BCUT2D eigenvalue weighted by Crippen LogP contribution is -2.30. The molecule has 146 valence electrons. The summed E-state index contributed by atoms with van der Waals surface area (Å²) in [6.07, 6.45) is -2.99. The number of nitrogens with one attached hydrogen (secondary N) is 1. The summed E-state index contributed by atoms with van der Waals surface area (Å²) in [7, 11) is 0. The Morgan fingerprint density at radius 3 is 2.54 bits per heavy atom. The van der Waals surface area contributed by atoms with Crippen LogP contribution < -0.4 is 10.1 Å². The van der Waals surface area contributed by atoms with E-state index in [1.54, 1.807) is 24.3 Å². The number of ether oxygens (including phenoxy) is 1. The molecule has 1 N–H and O–H groups in total. The third-order valence-electron chi connectivity index (χ3n) is 3.74. The minimum absolute atomic E-state index is 0.0723. The van der Waals surface area contributed by atoms with Crippen LogP contribution in [0.2, 0.25) is 5.02 Å². The summed E-state index contributed by atoms with van der Waals surface area (Å²) in [6, 6.07) is 9.30. The van der Waals surface area contributed by atoms with E-state index in [1.165, 1.54) is 30.3 Å². The number of hydrogen-bond donors (Lipinski definition) is 1. The lowest BCUT2D eigenvalue weighted by molar-refractivity contribution is -0.137. The zero-order valence-corrected chi connectivity index (χ0v) is 15.2. The Labute approximate surface area is 162 Å². The first kappa shape index (κ1) is 19.7. The van der Waals surface area contributed by atoms with Crippen molar-refractivity contribution in [2.75, 3.05) is 5.32 Å². The Bertz CT molecular complexity index is 960. The number of carbonyl (C=O) groups is 1. The molecule has 1 aromatic heterocycles. The number of alkyl halides is 3. The van der Waals surface area contributed by atoms with Gasteiger partial charge in [-0.1, -0.05) is 11.6 Å². The van der Waals surface area contributed by atoms with Crippen LogP contribution in [0.3, 0.4) is 0 Å². The Hall–Kier alpha value is -3.07. The molecular weight excluding hydrogens is 397 g/mol. The zero-order chi connectivity index (χ0) is 20.3. The smallest absolute Gasteiger partial charge is 0.416 e. The van der Waals surface area contributed by atoms with Gasteiger partial charge in [-0.05, 0) is 49.4 Å². The third-order valence-corrected chi connectivity index (χ3v) is 4.00. The number of carbonyl (C=O) groups excluding carboxylic acids is 1. The molecule has 1 amide bonds. The zero-order valence-electron chi connectivity index (χ0n) is 14.4. The molecule has 3 rings (SSSR count). The van der Waals surface area contributed by atoms with Crippen molar-refractivity contribution in [3.05, 3.63) is 65.7 Å². The number of aromatic nitrogens is 3. The second-order valence-electron chi connectivity index (χ2n) is 5.77. The highest BCUT2D eigenvalue weighted by Crippen LogP contribution is 2.33. The number of anilines is 1. The molecule has 28 heavy (non-hydrogen) atoms. The normalized spacial score (nSPS) is 12.5. The Balaban J connectivity index is 1.84. The predicted molar refractivity (Wildman–Crippen MR) is 96.5 cm³/mol. The fourth-order valence-corrected chi connectivity index (χ4v) is 2.48. The third kappa shape index (κ3) is 4.61. The average Bonchev–Trinajstić information content (AvgIpc) is 3.17. The van der Waals surface area contributed by atoms with E-state index in [0.29, 0.717) is 10.8 Å². The fraction of sp³-hybridized carbons (Fsp3) is 0.167. The van der Waals surface area contributed by atoms with E-state index in [0.717, 1.165) is 12.1 Å². The van der Waals surface area contributed by atoms with Gasteiger partial charge < -0.3 is 10.1 Å². The predicted octanol–water partition coefficient (Wildman–Crippen LogP) is 4.35. The second-order valence-corrected chi connectivity index (χ2v) is 6.21. The largest absolute Gasteiger partial charge is 0.481 e. The SMILES string of the molecule is C[C@@H](Oc1ccc(Cl)cc1)C(=O)Nc1cc(C(F)(F)F)ccc1-n1cncn1.